The third-order valence-electron chi connectivity index (χ3n) is 1.01. The van der Waals surface area contributed by atoms with E-state index in [9.17, 15) is 0 Å². The van der Waals surface area contributed by atoms with Crippen molar-refractivity contribution in [3.63, 3.8) is 0 Å². The van der Waals surface area contributed by atoms with Crippen LogP contribution in [0.15, 0.2) is 30.3 Å². The first-order chi connectivity index (χ1) is 4.30. The molecule has 0 spiro atoms. The molecule has 1 rings (SSSR count). The van der Waals surface area contributed by atoms with Crippen molar-refractivity contribution in [3.05, 3.63) is 35.9 Å². The van der Waals surface area contributed by atoms with Gasteiger partial charge < -0.3 is 24.8 Å². The number of hydrogen-bond acceptors (Lipinski definition) is 2. The molecule has 0 bridgehead atoms. The zero-order valence-corrected chi connectivity index (χ0v) is 9.34. The van der Waals surface area contributed by atoms with Gasteiger partial charge in [0.25, 0.3) is 0 Å². The van der Waals surface area contributed by atoms with Gasteiger partial charge in [-0.2, -0.15) is 0 Å². The molecule has 1 aromatic carbocycles. The molecule has 0 amide bonds. The molecule has 0 radical (unpaired) electrons. The van der Waals surface area contributed by atoms with Gasteiger partial charge in [0.15, 0.2) is 0 Å². The zero-order valence-electron chi connectivity index (χ0n) is 5.70. The first kappa shape index (κ1) is 10.5. The molecule has 0 aliphatic heterocycles. The second-order valence-corrected chi connectivity index (χ2v) is 2.73. The van der Waals surface area contributed by atoms with Crippen molar-refractivity contribution in [1.29, 1.82) is 0 Å². The third kappa shape index (κ3) is 3.08. The van der Waals surface area contributed by atoms with Crippen molar-refractivity contribution in [1.82, 2.24) is 0 Å². The van der Waals surface area contributed by atoms with Crippen LogP contribution >= 0.6 is 12.2 Å². The normalized spacial score (nSPS) is 8.00. The summed E-state index contributed by atoms with van der Waals surface area (Å²) in [6, 6.07) is 9.61. The summed E-state index contributed by atoms with van der Waals surface area (Å²) in [5.41, 5.74) is 0.961. The largest absolute Gasteiger partial charge is 1.00 e. The van der Waals surface area contributed by atoms with E-state index in [1.54, 1.807) is 0 Å². The molecule has 0 unspecified atom stereocenters. The minimum Gasteiger partial charge on any atom is -0.428 e. The molecule has 0 heterocycles. The SMILES string of the molecule is S=C([S-])c1ccccc1.[Na+]. The predicted molar refractivity (Wildman–Crippen MR) is 45.5 cm³/mol. The zero-order chi connectivity index (χ0) is 6.69. The van der Waals surface area contributed by atoms with Gasteiger partial charge in [0.05, 0.1) is 0 Å². The van der Waals surface area contributed by atoms with Crippen molar-refractivity contribution in [2.45, 2.75) is 0 Å². The summed E-state index contributed by atoms with van der Waals surface area (Å²) < 4.78 is 0.538. The molecular formula is C7H5NaS2. The van der Waals surface area contributed by atoms with Crippen LogP contribution in [0.5, 0.6) is 0 Å². The Morgan fingerprint density at radius 2 is 1.70 bits per heavy atom. The monoisotopic (exact) mass is 176 g/mol. The average Bonchev–Trinajstić information content (AvgIpc) is 1.90. The molecule has 0 nitrogen and oxygen atoms in total. The van der Waals surface area contributed by atoms with E-state index >= 15 is 0 Å². The summed E-state index contributed by atoms with van der Waals surface area (Å²) in [6.07, 6.45) is 0. The fourth-order valence-corrected chi connectivity index (χ4v) is 0.846. The van der Waals surface area contributed by atoms with E-state index in [1.165, 1.54) is 0 Å². The van der Waals surface area contributed by atoms with Gasteiger partial charge in [0.1, 0.15) is 0 Å². The summed E-state index contributed by atoms with van der Waals surface area (Å²) >= 11 is 9.55. The molecule has 0 aliphatic rings. The van der Waals surface area contributed by atoms with E-state index in [-0.39, 0.29) is 29.6 Å². The fraction of sp³-hybridized carbons (Fsp3) is 0. The van der Waals surface area contributed by atoms with Crippen molar-refractivity contribution in [2.24, 2.45) is 0 Å². The van der Waals surface area contributed by atoms with Crippen LogP contribution in [0.1, 0.15) is 5.56 Å². The Morgan fingerprint density at radius 3 is 2.00 bits per heavy atom. The van der Waals surface area contributed by atoms with Gasteiger partial charge in [0.2, 0.25) is 0 Å². The molecule has 0 aromatic heterocycles. The molecular weight excluding hydrogens is 171 g/mol. The summed E-state index contributed by atoms with van der Waals surface area (Å²) in [6.45, 7) is 0. The Kier molecular flexibility index (Phi) is 5.49. The Labute approximate surface area is 93.7 Å². The van der Waals surface area contributed by atoms with Crippen LogP contribution in [0.4, 0.5) is 0 Å². The van der Waals surface area contributed by atoms with E-state index in [4.69, 9.17) is 24.8 Å². The van der Waals surface area contributed by atoms with Crippen LogP contribution in [-0.2, 0) is 12.6 Å². The standard InChI is InChI=1S/C7H6S2.Na/c8-7(9)6-4-2-1-3-5-6;/h1-5H,(H,8,9);/q;+1/p-1. The van der Waals surface area contributed by atoms with Crippen LogP contribution in [0.2, 0.25) is 0 Å². The number of benzene rings is 1. The van der Waals surface area contributed by atoms with Gasteiger partial charge in [-0.15, -0.1) is 4.20 Å². The van der Waals surface area contributed by atoms with Crippen LogP contribution in [0.3, 0.4) is 0 Å². The van der Waals surface area contributed by atoms with Crippen LogP contribution in [0, 0.1) is 0 Å². The third-order valence-corrected chi connectivity index (χ3v) is 1.48. The minimum atomic E-state index is 0. The molecule has 1 aromatic rings. The van der Waals surface area contributed by atoms with Crippen molar-refractivity contribution in [2.75, 3.05) is 0 Å². The predicted octanol–water partition coefficient (Wildman–Crippen LogP) is -1.09. The van der Waals surface area contributed by atoms with E-state index in [2.05, 4.69) is 0 Å². The molecule has 0 fully saturated rings. The van der Waals surface area contributed by atoms with Gasteiger partial charge in [0, 0.05) is 0 Å². The molecule has 10 heavy (non-hydrogen) atoms. The molecule has 0 saturated heterocycles. The van der Waals surface area contributed by atoms with Crippen molar-refractivity contribution < 1.29 is 29.6 Å². The van der Waals surface area contributed by atoms with Crippen LogP contribution in [-0.4, -0.2) is 4.20 Å². The van der Waals surface area contributed by atoms with Gasteiger partial charge in [-0.3, -0.25) is 0 Å². The van der Waals surface area contributed by atoms with Gasteiger partial charge in [-0.05, 0) is 5.56 Å². The maximum absolute atomic E-state index is 4.78. The van der Waals surface area contributed by atoms with Gasteiger partial charge >= 0.3 is 29.6 Å². The second-order valence-electron chi connectivity index (χ2n) is 1.65. The Balaban J connectivity index is 0.000000810. The molecule has 46 valence electrons. The van der Waals surface area contributed by atoms with E-state index in [0.29, 0.717) is 4.20 Å². The van der Waals surface area contributed by atoms with E-state index in [1.807, 2.05) is 30.3 Å². The number of hydrogen-bond donors (Lipinski definition) is 0. The van der Waals surface area contributed by atoms with E-state index in [0.717, 1.165) is 5.56 Å². The Bertz CT molecular complexity index is 208. The van der Waals surface area contributed by atoms with Crippen LogP contribution in [0.25, 0.3) is 0 Å². The topological polar surface area (TPSA) is 0 Å². The van der Waals surface area contributed by atoms with Gasteiger partial charge in [-0.1, -0.05) is 30.3 Å². The maximum atomic E-state index is 4.78. The van der Waals surface area contributed by atoms with Crippen molar-refractivity contribution in [3.8, 4) is 0 Å². The first-order valence-electron chi connectivity index (χ1n) is 2.57. The summed E-state index contributed by atoms with van der Waals surface area (Å²) in [7, 11) is 0. The quantitative estimate of drug-likeness (QED) is 0.303. The Hall–Kier alpha value is 0.530. The summed E-state index contributed by atoms with van der Waals surface area (Å²) in [5.74, 6) is 0. The second kappa shape index (κ2) is 5.22. The molecule has 0 aliphatic carbocycles. The number of thiocarbonyl (C=S) groups is 1. The van der Waals surface area contributed by atoms with Crippen molar-refractivity contribution >= 4 is 29.0 Å². The maximum Gasteiger partial charge on any atom is 1.00 e. The smallest absolute Gasteiger partial charge is 0.428 e. The summed E-state index contributed by atoms with van der Waals surface area (Å²) in [5, 5.41) is 0. The molecule has 0 saturated carbocycles. The molecule has 3 heteroatoms. The number of rotatable bonds is 1. The molecule has 0 atom stereocenters. The minimum absolute atomic E-state index is 0. The average molecular weight is 176 g/mol. The molecule has 0 N–H and O–H groups in total. The first-order valence-corrected chi connectivity index (χ1v) is 3.39. The Morgan fingerprint density at radius 1 is 1.20 bits per heavy atom. The summed E-state index contributed by atoms with van der Waals surface area (Å²) in [4.78, 5) is 0. The van der Waals surface area contributed by atoms with E-state index < -0.39 is 0 Å². The van der Waals surface area contributed by atoms with Gasteiger partial charge in [-0.25, -0.2) is 0 Å². The van der Waals surface area contributed by atoms with Crippen LogP contribution < -0.4 is 29.6 Å². The fourth-order valence-electron chi connectivity index (χ4n) is 0.574.